The van der Waals surface area contributed by atoms with E-state index in [0.29, 0.717) is 34.0 Å². The van der Waals surface area contributed by atoms with Crippen LogP contribution in [0.4, 0.5) is 4.39 Å². The van der Waals surface area contributed by atoms with Gasteiger partial charge in [-0.15, -0.1) is 5.10 Å². The second-order valence-electron chi connectivity index (χ2n) is 5.25. The summed E-state index contributed by atoms with van der Waals surface area (Å²) >= 11 is 4.88. The minimum Gasteiger partial charge on any atom is -0.338 e. The fraction of sp³-hybridized carbons (Fsp3) is 0.0588. The molecule has 0 aliphatic carbocycles. The molecule has 0 amide bonds. The minimum absolute atomic E-state index is 0.307. The van der Waals surface area contributed by atoms with Gasteiger partial charge >= 0.3 is 0 Å². The van der Waals surface area contributed by atoms with Crippen molar-refractivity contribution in [1.29, 1.82) is 0 Å². The first-order valence-electron chi connectivity index (χ1n) is 7.57. The Hall–Kier alpha value is -2.52. The maximum Gasteiger partial charge on any atom is 0.237 e. The zero-order valence-corrected chi connectivity index (χ0v) is 15.6. The molecule has 1 N–H and O–H groups in total. The van der Waals surface area contributed by atoms with Crippen LogP contribution in [0.2, 0.25) is 0 Å². The number of hydrogen-bond donors (Lipinski definition) is 1. The van der Waals surface area contributed by atoms with E-state index in [1.54, 1.807) is 12.1 Å². The molecular weight excluding hydrogens is 421 g/mol. The molecule has 6 nitrogen and oxygen atoms in total. The molecule has 4 rings (SSSR count). The first kappa shape index (κ1) is 16.9. The van der Waals surface area contributed by atoms with Crippen molar-refractivity contribution in [3.8, 4) is 22.8 Å². The molecule has 0 atom stereocenters. The van der Waals surface area contributed by atoms with Crippen LogP contribution in [0.25, 0.3) is 22.8 Å². The van der Waals surface area contributed by atoms with Crippen LogP contribution in [-0.2, 0) is 5.75 Å². The molecule has 0 spiro atoms. The highest BCUT2D eigenvalue weighted by Crippen LogP contribution is 2.27. The first-order chi connectivity index (χ1) is 12.7. The Morgan fingerprint density at radius 2 is 1.88 bits per heavy atom. The molecular formula is C17H11BrFN5OS. The minimum atomic E-state index is -0.307. The van der Waals surface area contributed by atoms with Crippen molar-refractivity contribution < 1.29 is 8.91 Å². The van der Waals surface area contributed by atoms with Crippen molar-refractivity contribution in [2.24, 2.45) is 0 Å². The van der Waals surface area contributed by atoms with E-state index in [0.717, 1.165) is 10.0 Å². The molecule has 0 fully saturated rings. The largest absolute Gasteiger partial charge is 0.338 e. The van der Waals surface area contributed by atoms with E-state index >= 15 is 0 Å². The monoisotopic (exact) mass is 431 g/mol. The van der Waals surface area contributed by atoms with E-state index in [2.05, 4.69) is 41.3 Å². The normalized spacial score (nSPS) is 11.0. The molecule has 0 saturated carbocycles. The molecule has 0 bridgehead atoms. The summed E-state index contributed by atoms with van der Waals surface area (Å²) in [6.07, 6.45) is 0. The van der Waals surface area contributed by atoms with Crippen molar-refractivity contribution in [2.75, 3.05) is 0 Å². The van der Waals surface area contributed by atoms with Crippen molar-refractivity contribution in [3.05, 3.63) is 64.7 Å². The highest BCUT2D eigenvalue weighted by atomic mass is 79.9. The predicted molar refractivity (Wildman–Crippen MR) is 98.8 cm³/mol. The number of aromatic nitrogens is 5. The Labute approximate surface area is 160 Å². The Balaban J connectivity index is 1.44. The summed E-state index contributed by atoms with van der Waals surface area (Å²) in [5.41, 5.74) is 1.63. The average molecular weight is 432 g/mol. The number of hydrogen-bond acceptors (Lipinski definition) is 6. The van der Waals surface area contributed by atoms with Crippen molar-refractivity contribution in [2.45, 2.75) is 10.9 Å². The van der Waals surface area contributed by atoms with Gasteiger partial charge in [0.15, 0.2) is 5.82 Å². The van der Waals surface area contributed by atoms with E-state index in [9.17, 15) is 4.39 Å². The van der Waals surface area contributed by atoms with E-state index < -0.39 is 0 Å². The number of nitrogens with zero attached hydrogens (tertiary/aromatic N) is 4. The lowest BCUT2D eigenvalue weighted by Gasteiger charge is -1.97. The smallest absolute Gasteiger partial charge is 0.237 e. The summed E-state index contributed by atoms with van der Waals surface area (Å²) in [5, 5.41) is 11.6. The van der Waals surface area contributed by atoms with Crippen LogP contribution in [0.3, 0.4) is 0 Å². The molecule has 0 aliphatic rings. The third-order valence-corrected chi connectivity index (χ3v) is 5.01. The van der Waals surface area contributed by atoms with E-state index in [1.165, 1.54) is 23.9 Å². The SMILES string of the molecule is Fc1ccc(-c2noc(CSc3n[nH]c(-c4ccccc4Br)n3)n2)cc1. The zero-order valence-electron chi connectivity index (χ0n) is 13.2. The van der Waals surface area contributed by atoms with Gasteiger partial charge in [0.25, 0.3) is 0 Å². The lowest BCUT2D eigenvalue weighted by molar-refractivity contribution is 0.391. The number of benzene rings is 2. The summed E-state index contributed by atoms with van der Waals surface area (Å²) in [5.74, 6) is 1.67. The van der Waals surface area contributed by atoms with Gasteiger partial charge in [0.05, 0.1) is 5.75 Å². The molecule has 130 valence electrons. The summed E-state index contributed by atoms with van der Waals surface area (Å²) in [4.78, 5) is 8.78. The van der Waals surface area contributed by atoms with Gasteiger partial charge in [0.1, 0.15) is 5.82 Å². The molecule has 9 heteroatoms. The lowest BCUT2D eigenvalue weighted by Crippen LogP contribution is -1.84. The number of thioether (sulfide) groups is 1. The molecule has 4 aromatic rings. The summed E-state index contributed by atoms with van der Waals surface area (Å²) < 4.78 is 19.1. The summed E-state index contributed by atoms with van der Waals surface area (Å²) in [6.45, 7) is 0. The number of H-pyrrole nitrogens is 1. The number of nitrogens with one attached hydrogen (secondary N) is 1. The third-order valence-electron chi connectivity index (χ3n) is 3.49. The molecule has 2 aromatic carbocycles. The fourth-order valence-corrected chi connectivity index (χ4v) is 3.35. The van der Waals surface area contributed by atoms with E-state index in [-0.39, 0.29) is 5.82 Å². The van der Waals surface area contributed by atoms with Crippen LogP contribution in [-0.4, -0.2) is 25.3 Å². The number of aromatic amines is 1. The standard InChI is InChI=1S/C17H11BrFN5OS/c18-13-4-2-1-3-12(13)16-21-17(23-22-16)26-9-14-20-15(24-25-14)10-5-7-11(19)8-6-10/h1-8H,9H2,(H,21,22,23). The molecule has 2 heterocycles. The summed E-state index contributed by atoms with van der Waals surface area (Å²) in [6, 6.07) is 13.7. The molecule has 2 aromatic heterocycles. The van der Waals surface area contributed by atoms with Crippen LogP contribution in [0, 0.1) is 5.82 Å². The molecule has 0 saturated heterocycles. The predicted octanol–water partition coefficient (Wildman–Crippen LogP) is 4.72. The average Bonchev–Trinajstić information content (AvgIpc) is 3.30. The van der Waals surface area contributed by atoms with Gasteiger partial charge in [-0.2, -0.15) is 4.98 Å². The zero-order chi connectivity index (χ0) is 17.9. The topological polar surface area (TPSA) is 80.5 Å². The fourth-order valence-electron chi connectivity index (χ4n) is 2.24. The maximum absolute atomic E-state index is 13.0. The second-order valence-corrected chi connectivity index (χ2v) is 7.05. The Morgan fingerprint density at radius 1 is 1.08 bits per heavy atom. The van der Waals surface area contributed by atoms with Crippen molar-refractivity contribution in [3.63, 3.8) is 0 Å². The molecule has 0 unspecified atom stereocenters. The van der Waals surface area contributed by atoms with Gasteiger partial charge < -0.3 is 4.52 Å². The van der Waals surface area contributed by atoms with Gasteiger partial charge in [0.2, 0.25) is 16.9 Å². The second kappa shape index (κ2) is 7.38. The Bertz CT molecular complexity index is 1030. The number of halogens is 2. The van der Waals surface area contributed by atoms with Crippen LogP contribution in [0.5, 0.6) is 0 Å². The molecule has 0 radical (unpaired) electrons. The Kier molecular flexibility index (Phi) is 4.81. The van der Waals surface area contributed by atoms with Gasteiger partial charge in [-0.1, -0.05) is 51.0 Å². The molecule has 0 aliphatic heterocycles. The van der Waals surface area contributed by atoms with Crippen molar-refractivity contribution in [1.82, 2.24) is 25.3 Å². The highest BCUT2D eigenvalue weighted by Gasteiger charge is 2.12. The Morgan fingerprint density at radius 3 is 2.69 bits per heavy atom. The van der Waals surface area contributed by atoms with Crippen LogP contribution in [0.15, 0.2) is 62.7 Å². The quantitative estimate of drug-likeness (QED) is 0.460. The third kappa shape index (κ3) is 3.68. The lowest BCUT2D eigenvalue weighted by atomic mass is 10.2. The van der Waals surface area contributed by atoms with Gasteiger partial charge in [-0.05, 0) is 30.3 Å². The van der Waals surface area contributed by atoms with Gasteiger partial charge in [-0.3, -0.25) is 5.10 Å². The molecule has 26 heavy (non-hydrogen) atoms. The van der Waals surface area contributed by atoms with Crippen LogP contribution >= 0.6 is 27.7 Å². The number of rotatable bonds is 5. The first-order valence-corrected chi connectivity index (χ1v) is 9.35. The summed E-state index contributed by atoms with van der Waals surface area (Å²) in [7, 11) is 0. The van der Waals surface area contributed by atoms with Crippen molar-refractivity contribution >= 4 is 27.7 Å². The van der Waals surface area contributed by atoms with E-state index in [4.69, 9.17) is 4.52 Å². The van der Waals surface area contributed by atoms with E-state index in [1.807, 2.05) is 24.3 Å². The van der Waals surface area contributed by atoms with Gasteiger partial charge in [0, 0.05) is 15.6 Å². The maximum atomic E-state index is 13.0. The van der Waals surface area contributed by atoms with Crippen LogP contribution in [0.1, 0.15) is 5.89 Å². The van der Waals surface area contributed by atoms with Crippen LogP contribution < -0.4 is 0 Å². The highest BCUT2D eigenvalue weighted by molar-refractivity contribution is 9.10. The van der Waals surface area contributed by atoms with Gasteiger partial charge in [-0.25, -0.2) is 9.37 Å².